The van der Waals surface area contributed by atoms with Crippen LogP contribution in [0.3, 0.4) is 0 Å². The zero-order valence-electron chi connectivity index (χ0n) is 16.0. The van der Waals surface area contributed by atoms with E-state index in [1.165, 1.54) is 13.3 Å². The number of aromatic nitrogens is 2. The van der Waals surface area contributed by atoms with Crippen molar-refractivity contribution in [3.05, 3.63) is 70.1 Å². The van der Waals surface area contributed by atoms with Crippen LogP contribution in [0.4, 0.5) is 14.5 Å². The fraction of sp³-hybridized carbons (Fsp3) is 0.182. The van der Waals surface area contributed by atoms with E-state index in [2.05, 4.69) is 10.3 Å². The Balaban J connectivity index is 1.65. The van der Waals surface area contributed by atoms with E-state index in [1.807, 2.05) is 12.1 Å². The van der Waals surface area contributed by atoms with Gasteiger partial charge in [0.05, 0.1) is 18.0 Å². The number of aromatic amines is 1. The van der Waals surface area contributed by atoms with E-state index in [9.17, 15) is 18.4 Å². The summed E-state index contributed by atoms with van der Waals surface area (Å²) in [5, 5.41) is 3.54. The van der Waals surface area contributed by atoms with Gasteiger partial charge in [0.25, 0.3) is 5.91 Å². The van der Waals surface area contributed by atoms with Gasteiger partial charge in [0.1, 0.15) is 5.56 Å². The van der Waals surface area contributed by atoms with Crippen LogP contribution >= 0.6 is 0 Å². The molecule has 5 rings (SSSR count). The molecule has 8 heteroatoms. The number of rotatable bonds is 4. The van der Waals surface area contributed by atoms with Crippen LogP contribution in [0.5, 0.6) is 5.75 Å². The van der Waals surface area contributed by atoms with E-state index in [-0.39, 0.29) is 28.3 Å². The minimum absolute atomic E-state index is 0.00498. The molecule has 1 amide bonds. The zero-order valence-corrected chi connectivity index (χ0v) is 16.0. The molecule has 1 fully saturated rings. The summed E-state index contributed by atoms with van der Waals surface area (Å²) in [4.78, 5) is 29.0. The average molecular weight is 409 g/mol. The second kappa shape index (κ2) is 6.69. The van der Waals surface area contributed by atoms with E-state index in [0.29, 0.717) is 5.69 Å². The first-order valence-corrected chi connectivity index (χ1v) is 9.47. The molecule has 1 aliphatic carbocycles. The number of H-pyrrole nitrogens is 1. The Morgan fingerprint density at radius 3 is 2.77 bits per heavy atom. The predicted molar refractivity (Wildman–Crippen MR) is 109 cm³/mol. The quantitative estimate of drug-likeness (QED) is 0.526. The maximum Gasteiger partial charge on any atom is 0.261 e. The van der Waals surface area contributed by atoms with E-state index >= 15 is 0 Å². The molecule has 0 aliphatic heterocycles. The molecule has 0 unspecified atom stereocenters. The number of methoxy groups -OCH3 is 1. The fourth-order valence-corrected chi connectivity index (χ4v) is 3.75. The number of pyridine rings is 1. The van der Waals surface area contributed by atoms with Gasteiger partial charge in [0.2, 0.25) is 11.2 Å². The van der Waals surface area contributed by atoms with Gasteiger partial charge in [-0.25, -0.2) is 4.39 Å². The Kier molecular flexibility index (Phi) is 4.09. The smallest absolute Gasteiger partial charge is 0.261 e. The average Bonchev–Trinajstić information content (AvgIpc) is 3.47. The van der Waals surface area contributed by atoms with E-state index in [0.717, 1.165) is 29.8 Å². The van der Waals surface area contributed by atoms with Crippen molar-refractivity contribution in [1.82, 2.24) is 9.55 Å². The highest BCUT2D eigenvalue weighted by Crippen LogP contribution is 2.40. The highest BCUT2D eigenvalue weighted by Gasteiger charge is 2.30. The summed E-state index contributed by atoms with van der Waals surface area (Å²) in [6.45, 7) is 0. The minimum Gasteiger partial charge on any atom is -0.491 e. The summed E-state index contributed by atoms with van der Waals surface area (Å²) in [6, 6.07) is 8.01. The van der Waals surface area contributed by atoms with Gasteiger partial charge < -0.3 is 19.6 Å². The number of hydrogen-bond donors (Lipinski definition) is 2. The first kappa shape index (κ1) is 18.4. The number of amides is 1. The van der Waals surface area contributed by atoms with Crippen molar-refractivity contribution in [2.24, 2.45) is 0 Å². The Morgan fingerprint density at radius 2 is 2.03 bits per heavy atom. The highest BCUT2D eigenvalue weighted by atomic mass is 19.2. The molecule has 2 aromatic carbocycles. The molecule has 4 aromatic rings. The third kappa shape index (κ3) is 2.83. The number of nitrogens with one attached hydrogen (secondary N) is 2. The van der Waals surface area contributed by atoms with Gasteiger partial charge in [-0.3, -0.25) is 9.59 Å². The van der Waals surface area contributed by atoms with Crippen LogP contribution in [0, 0.1) is 11.6 Å². The number of benzene rings is 2. The number of anilines is 1. The lowest BCUT2D eigenvalue weighted by Crippen LogP contribution is -2.24. The van der Waals surface area contributed by atoms with Crippen molar-refractivity contribution < 1.29 is 18.3 Å². The highest BCUT2D eigenvalue weighted by molar-refractivity contribution is 6.06. The number of carbonyl (C=O) groups excluding carboxylic acids is 1. The van der Waals surface area contributed by atoms with Gasteiger partial charge >= 0.3 is 0 Å². The number of halogens is 2. The van der Waals surface area contributed by atoms with Crippen molar-refractivity contribution in [1.29, 1.82) is 0 Å². The Bertz CT molecular complexity index is 1390. The van der Waals surface area contributed by atoms with Crippen molar-refractivity contribution in [2.45, 2.75) is 18.9 Å². The summed E-state index contributed by atoms with van der Waals surface area (Å²) < 4.78 is 35.1. The number of carbonyl (C=O) groups is 1. The Morgan fingerprint density at radius 1 is 1.23 bits per heavy atom. The van der Waals surface area contributed by atoms with Gasteiger partial charge in [-0.1, -0.05) is 0 Å². The molecule has 1 saturated carbocycles. The molecule has 0 bridgehead atoms. The normalized spacial score (nSPS) is 13.7. The lowest BCUT2D eigenvalue weighted by atomic mass is 10.1. The Hall–Kier alpha value is -3.68. The Labute approximate surface area is 169 Å². The van der Waals surface area contributed by atoms with Crippen LogP contribution in [-0.2, 0) is 0 Å². The molecule has 152 valence electrons. The van der Waals surface area contributed by atoms with Crippen molar-refractivity contribution in [3.63, 3.8) is 0 Å². The largest absolute Gasteiger partial charge is 0.491 e. The molecular formula is C22H17F2N3O3. The van der Waals surface area contributed by atoms with Gasteiger partial charge in [-0.2, -0.15) is 4.39 Å². The van der Waals surface area contributed by atoms with E-state index in [1.54, 1.807) is 22.9 Å². The van der Waals surface area contributed by atoms with Gasteiger partial charge in [-0.15, -0.1) is 0 Å². The molecule has 2 heterocycles. The van der Waals surface area contributed by atoms with Gasteiger partial charge in [-0.05, 0) is 43.2 Å². The molecule has 2 N–H and O–H groups in total. The van der Waals surface area contributed by atoms with Crippen LogP contribution in [0.1, 0.15) is 29.2 Å². The van der Waals surface area contributed by atoms with Crippen LogP contribution in [0.25, 0.3) is 21.8 Å². The van der Waals surface area contributed by atoms with E-state index in [4.69, 9.17) is 4.74 Å². The van der Waals surface area contributed by atoms with Crippen LogP contribution < -0.4 is 15.5 Å². The molecule has 2 aromatic heterocycles. The number of hydrogen-bond acceptors (Lipinski definition) is 3. The molecular weight excluding hydrogens is 392 g/mol. The summed E-state index contributed by atoms with van der Waals surface area (Å²) in [5.74, 6) is -3.31. The molecule has 1 aliphatic rings. The third-order valence-electron chi connectivity index (χ3n) is 5.37. The molecule has 0 spiro atoms. The summed E-state index contributed by atoms with van der Waals surface area (Å²) in [5.41, 5.74) is 0.775. The number of fused-ring (bicyclic) bond motifs is 2. The first-order chi connectivity index (χ1) is 14.5. The lowest BCUT2D eigenvalue weighted by Gasteiger charge is -2.16. The van der Waals surface area contributed by atoms with Crippen molar-refractivity contribution >= 4 is 33.4 Å². The maximum absolute atomic E-state index is 14.3. The van der Waals surface area contributed by atoms with Gasteiger partial charge in [0.15, 0.2) is 11.6 Å². The van der Waals surface area contributed by atoms with Gasteiger partial charge in [0, 0.05) is 35.0 Å². The second-order valence-electron chi connectivity index (χ2n) is 7.35. The van der Waals surface area contributed by atoms with Crippen molar-refractivity contribution in [2.75, 3.05) is 12.4 Å². The minimum atomic E-state index is -1.20. The lowest BCUT2D eigenvalue weighted by molar-refractivity contribution is 0.102. The van der Waals surface area contributed by atoms with E-state index < -0.39 is 23.0 Å². The molecule has 6 nitrogen and oxygen atoms in total. The first-order valence-electron chi connectivity index (χ1n) is 9.47. The predicted octanol–water partition coefficient (Wildman–Crippen LogP) is 4.36. The molecule has 0 atom stereocenters. The standard InChI is InChI=1S/C22H17F2N3O3/c1-30-21-18(24)16(23)9-14-19(21)27(13-3-4-13)10-15(20(14)28)22(29)26-12-2-5-17-11(8-12)6-7-25-17/h2,5-10,13,25H,3-4H2,1H3,(H,26,29). The SMILES string of the molecule is COc1c(F)c(F)cc2c(=O)c(C(=O)Nc3ccc4[nH]ccc4c3)cn(C3CC3)c12. The number of ether oxygens (including phenoxy) is 1. The van der Waals surface area contributed by atoms with Crippen LogP contribution in [0.2, 0.25) is 0 Å². The number of nitrogens with zero attached hydrogens (tertiary/aromatic N) is 1. The third-order valence-corrected chi connectivity index (χ3v) is 5.37. The summed E-state index contributed by atoms with van der Waals surface area (Å²) in [6.07, 6.45) is 4.82. The molecule has 0 radical (unpaired) electrons. The monoisotopic (exact) mass is 409 g/mol. The zero-order chi connectivity index (χ0) is 21.0. The van der Waals surface area contributed by atoms with Crippen LogP contribution in [0.15, 0.2) is 47.5 Å². The maximum atomic E-state index is 14.3. The second-order valence-corrected chi connectivity index (χ2v) is 7.35. The van der Waals surface area contributed by atoms with Crippen molar-refractivity contribution in [3.8, 4) is 5.75 Å². The molecule has 0 saturated heterocycles. The summed E-state index contributed by atoms with van der Waals surface area (Å²) in [7, 11) is 1.22. The molecule has 30 heavy (non-hydrogen) atoms. The fourth-order valence-electron chi connectivity index (χ4n) is 3.75. The van der Waals surface area contributed by atoms with Crippen LogP contribution in [-0.4, -0.2) is 22.6 Å². The topological polar surface area (TPSA) is 76.1 Å². The summed E-state index contributed by atoms with van der Waals surface area (Å²) >= 11 is 0.